The number of benzene rings is 2. The summed E-state index contributed by atoms with van der Waals surface area (Å²) >= 11 is 6.12. The summed E-state index contributed by atoms with van der Waals surface area (Å²) < 4.78 is 22.1. The van der Waals surface area contributed by atoms with Crippen molar-refractivity contribution in [3.8, 4) is 11.4 Å². The van der Waals surface area contributed by atoms with E-state index in [9.17, 15) is 9.18 Å². The number of hydrogen-bond donors (Lipinski definition) is 2. The number of H-pyrrole nitrogens is 1. The van der Waals surface area contributed by atoms with Crippen LogP contribution < -0.4 is 20.5 Å². The molecule has 0 saturated carbocycles. The number of likely N-dealkylation sites (N-methyl/N-ethyl adjacent to an activating group) is 1. The van der Waals surface area contributed by atoms with Crippen LogP contribution in [0.25, 0.3) is 27.6 Å². The normalized spacial score (nSPS) is 15.3. The second kappa shape index (κ2) is 8.24. The van der Waals surface area contributed by atoms with Crippen molar-refractivity contribution in [2.24, 2.45) is 0 Å². The van der Waals surface area contributed by atoms with Crippen LogP contribution in [-0.4, -0.2) is 51.0 Å². The summed E-state index contributed by atoms with van der Waals surface area (Å²) in [5.74, 6) is 0.470. The third-order valence-corrected chi connectivity index (χ3v) is 6.23. The van der Waals surface area contributed by atoms with Gasteiger partial charge in [-0.2, -0.15) is 10.1 Å². The van der Waals surface area contributed by atoms with Crippen molar-refractivity contribution in [2.75, 3.05) is 30.4 Å². The van der Waals surface area contributed by atoms with Crippen LogP contribution in [0.3, 0.4) is 0 Å². The van der Waals surface area contributed by atoms with Gasteiger partial charge >= 0.3 is 0 Å². The number of para-hydroxylation sites is 2. The molecule has 0 bridgehead atoms. The zero-order valence-electron chi connectivity index (χ0n) is 18.5. The zero-order chi connectivity index (χ0) is 24.1. The standard InChI is InChI=1S/C24H19ClFN7O2/c1-32-12-14(35-20-5-3-2-4-18(20)32)9-27-24-28-10-15-21-16(11-29-31-21)23(34)33(22(15)30-24)19-8-13(25)6-7-17(19)26/h2-8,10-11,14H,9,12H2,1H3,(H,29,31)(H,27,28,30). The van der Waals surface area contributed by atoms with Gasteiger partial charge in [0.05, 0.1) is 35.2 Å². The number of anilines is 2. The molecule has 5 aromatic rings. The molecule has 0 aliphatic carbocycles. The van der Waals surface area contributed by atoms with E-state index in [2.05, 4.69) is 30.4 Å². The van der Waals surface area contributed by atoms with Crippen LogP contribution in [0.4, 0.5) is 16.0 Å². The van der Waals surface area contributed by atoms with Crippen LogP contribution >= 0.6 is 11.6 Å². The summed E-state index contributed by atoms with van der Waals surface area (Å²) in [6, 6.07) is 11.9. The number of ether oxygens (including phenoxy) is 1. The van der Waals surface area contributed by atoms with Gasteiger partial charge in [-0.15, -0.1) is 0 Å². The number of nitrogens with zero attached hydrogens (tertiary/aromatic N) is 5. The van der Waals surface area contributed by atoms with Crippen molar-refractivity contribution in [1.82, 2.24) is 24.7 Å². The highest BCUT2D eigenvalue weighted by Crippen LogP contribution is 2.32. The van der Waals surface area contributed by atoms with Crippen LogP contribution in [0.2, 0.25) is 5.02 Å². The van der Waals surface area contributed by atoms with Crippen molar-refractivity contribution in [1.29, 1.82) is 0 Å². The number of pyridine rings is 1. The lowest BCUT2D eigenvalue weighted by Gasteiger charge is -2.33. The van der Waals surface area contributed by atoms with Crippen LogP contribution in [0, 0.1) is 5.82 Å². The van der Waals surface area contributed by atoms with Gasteiger partial charge in [-0.1, -0.05) is 23.7 Å². The van der Waals surface area contributed by atoms with Gasteiger partial charge in [0, 0.05) is 24.5 Å². The first-order valence-electron chi connectivity index (χ1n) is 10.9. The van der Waals surface area contributed by atoms with Gasteiger partial charge in [-0.3, -0.25) is 14.5 Å². The van der Waals surface area contributed by atoms with E-state index in [0.29, 0.717) is 34.4 Å². The Morgan fingerprint density at radius 1 is 1.23 bits per heavy atom. The topological polar surface area (TPSA) is 101 Å². The largest absolute Gasteiger partial charge is 0.485 e. The molecule has 1 aliphatic rings. The summed E-state index contributed by atoms with van der Waals surface area (Å²) in [7, 11) is 2.01. The molecule has 0 amide bonds. The van der Waals surface area contributed by atoms with E-state index in [1.807, 2.05) is 31.3 Å². The number of aromatic amines is 1. The molecular formula is C24H19ClFN7O2. The molecule has 2 N–H and O–H groups in total. The summed E-state index contributed by atoms with van der Waals surface area (Å²) in [4.78, 5) is 24.4. The molecule has 176 valence electrons. The lowest BCUT2D eigenvalue weighted by Crippen LogP contribution is -2.41. The number of hydrogen-bond acceptors (Lipinski definition) is 7. The van der Waals surface area contributed by atoms with E-state index in [-0.39, 0.29) is 23.4 Å². The first-order valence-corrected chi connectivity index (χ1v) is 11.3. The number of halogens is 2. The first-order chi connectivity index (χ1) is 17.0. The van der Waals surface area contributed by atoms with Crippen molar-refractivity contribution in [3.05, 3.63) is 76.1 Å². The maximum atomic E-state index is 14.8. The molecule has 3 aromatic heterocycles. The highest BCUT2D eigenvalue weighted by Gasteiger charge is 2.24. The molecule has 0 spiro atoms. The van der Waals surface area contributed by atoms with Crippen molar-refractivity contribution < 1.29 is 9.13 Å². The molecular weight excluding hydrogens is 473 g/mol. The van der Waals surface area contributed by atoms with E-state index >= 15 is 0 Å². The summed E-state index contributed by atoms with van der Waals surface area (Å²) in [5.41, 5.74) is 1.17. The van der Waals surface area contributed by atoms with Gasteiger partial charge in [0.2, 0.25) is 5.95 Å². The SMILES string of the molecule is CN1CC(CNc2ncc3c4n[nH]cc4c(=O)n(-c4cc(Cl)ccc4F)c3n2)Oc2ccccc21. The molecule has 0 saturated heterocycles. The van der Waals surface area contributed by atoms with Gasteiger partial charge < -0.3 is 15.0 Å². The Labute approximate surface area is 203 Å². The summed E-state index contributed by atoms with van der Waals surface area (Å²) in [6.07, 6.45) is 2.88. The maximum Gasteiger partial charge on any atom is 0.267 e. The van der Waals surface area contributed by atoms with E-state index in [1.54, 1.807) is 6.20 Å². The number of nitrogens with one attached hydrogen (secondary N) is 2. The van der Waals surface area contributed by atoms with Gasteiger partial charge in [0.1, 0.15) is 23.2 Å². The van der Waals surface area contributed by atoms with Crippen LogP contribution in [0.1, 0.15) is 0 Å². The monoisotopic (exact) mass is 491 g/mol. The Balaban J connectivity index is 1.40. The number of aromatic nitrogens is 5. The molecule has 1 unspecified atom stereocenters. The minimum Gasteiger partial charge on any atom is -0.485 e. The Morgan fingerprint density at radius 2 is 2.09 bits per heavy atom. The lowest BCUT2D eigenvalue weighted by molar-refractivity contribution is 0.208. The Morgan fingerprint density at radius 3 is 2.97 bits per heavy atom. The van der Waals surface area contributed by atoms with Gasteiger partial charge in [-0.25, -0.2) is 9.37 Å². The van der Waals surface area contributed by atoms with Crippen LogP contribution in [0.15, 0.2) is 59.7 Å². The Hall–Kier alpha value is -4.18. The second-order valence-corrected chi connectivity index (χ2v) is 8.72. The lowest BCUT2D eigenvalue weighted by atomic mass is 10.2. The molecule has 0 fully saturated rings. The molecule has 11 heteroatoms. The average molecular weight is 492 g/mol. The Bertz CT molecular complexity index is 1650. The molecule has 9 nitrogen and oxygen atoms in total. The van der Waals surface area contributed by atoms with E-state index in [1.165, 1.54) is 29.0 Å². The van der Waals surface area contributed by atoms with Crippen molar-refractivity contribution >= 4 is 45.2 Å². The van der Waals surface area contributed by atoms with Crippen LogP contribution in [-0.2, 0) is 0 Å². The van der Waals surface area contributed by atoms with E-state index in [4.69, 9.17) is 16.3 Å². The average Bonchev–Trinajstić information content (AvgIpc) is 3.35. The smallest absolute Gasteiger partial charge is 0.267 e. The van der Waals surface area contributed by atoms with E-state index in [0.717, 1.165) is 11.4 Å². The minimum atomic E-state index is -0.605. The van der Waals surface area contributed by atoms with Crippen molar-refractivity contribution in [3.63, 3.8) is 0 Å². The fraction of sp³-hybridized carbons (Fsp3) is 0.167. The highest BCUT2D eigenvalue weighted by atomic mass is 35.5. The molecule has 4 heterocycles. The first kappa shape index (κ1) is 21.4. The predicted octanol–water partition coefficient (Wildman–Crippen LogP) is 3.76. The van der Waals surface area contributed by atoms with Gasteiger partial charge in [-0.05, 0) is 30.3 Å². The Kier molecular flexibility index (Phi) is 5.03. The molecule has 1 aliphatic heterocycles. The third kappa shape index (κ3) is 3.62. The van der Waals surface area contributed by atoms with Gasteiger partial charge in [0.15, 0.2) is 5.65 Å². The molecule has 1 atom stereocenters. The predicted molar refractivity (Wildman–Crippen MR) is 132 cm³/mol. The molecule has 0 radical (unpaired) electrons. The minimum absolute atomic E-state index is 0.00547. The molecule has 35 heavy (non-hydrogen) atoms. The van der Waals surface area contributed by atoms with Gasteiger partial charge in [0.25, 0.3) is 5.56 Å². The van der Waals surface area contributed by atoms with Crippen LogP contribution in [0.5, 0.6) is 5.75 Å². The molecule has 2 aromatic carbocycles. The number of fused-ring (bicyclic) bond motifs is 4. The summed E-state index contributed by atoms with van der Waals surface area (Å²) in [5, 5.41) is 11.1. The third-order valence-electron chi connectivity index (χ3n) is 5.99. The maximum absolute atomic E-state index is 14.8. The van der Waals surface area contributed by atoms with E-state index < -0.39 is 11.4 Å². The fourth-order valence-corrected chi connectivity index (χ4v) is 4.52. The summed E-state index contributed by atoms with van der Waals surface area (Å²) in [6.45, 7) is 1.09. The quantitative estimate of drug-likeness (QED) is 0.395. The molecule has 6 rings (SSSR count). The zero-order valence-corrected chi connectivity index (χ0v) is 19.3. The second-order valence-electron chi connectivity index (χ2n) is 8.28. The number of rotatable bonds is 4. The highest BCUT2D eigenvalue weighted by molar-refractivity contribution is 6.30. The fourth-order valence-electron chi connectivity index (χ4n) is 4.36. The van der Waals surface area contributed by atoms with Crippen molar-refractivity contribution in [2.45, 2.75) is 6.10 Å².